The van der Waals surface area contributed by atoms with Crippen molar-refractivity contribution in [2.45, 2.75) is 17.5 Å². The fourth-order valence-corrected chi connectivity index (χ4v) is 4.23. The molecule has 0 fully saturated rings. The van der Waals surface area contributed by atoms with Crippen LogP contribution in [0, 0.1) is 0 Å². The van der Waals surface area contributed by atoms with Gasteiger partial charge in [-0.05, 0) is 58.4 Å². The number of hydrogen-bond acceptors (Lipinski definition) is 4. The van der Waals surface area contributed by atoms with Gasteiger partial charge in [-0.2, -0.15) is 18.3 Å². The lowest BCUT2D eigenvalue weighted by Gasteiger charge is -2.07. The topological polar surface area (TPSA) is 78.0 Å². The Morgan fingerprint density at radius 1 is 1.15 bits per heavy atom. The zero-order valence-corrected chi connectivity index (χ0v) is 16.1. The summed E-state index contributed by atoms with van der Waals surface area (Å²) >= 11 is 4.67. The zero-order chi connectivity index (χ0) is 19.1. The Balaban J connectivity index is 2.09. The summed E-state index contributed by atoms with van der Waals surface area (Å²) in [6.07, 6.45) is -5.54. The second-order valence-corrected chi connectivity index (χ2v) is 9.39. The summed E-state index contributed by atoms with van der Waals surface area (Å²) < 4.78 is 63.1. The molecule has 0 saturated carbocycles. The van der Waals surface area contributed by atoms with Gasteiger partial charge in [-0.25, -0.2) is 18.2 Å². The Morgan fingerprint density at radius 2 is 1.81 bits per heavy atom. The average molecular weight is 466 g/mol. The maximum absolute atomic E-state index is 12.7. The molecule has 2 heterocycles. The Morgan fingerprint density at radius 3 is 2.31 bits per heavy atom. The Kier molecular flexibility index (Phi) is 4.99. The van der Waals surface area contributed by atoms with Gasteiger partial charge >= 0.3 is 6.18 Å². The van der Waals surface area contributed by atoms with Crippen LogP contribution >= 0.6 is 27.3 Å². The maximum atomic E-state index is 12.7. The SMILES string of the molecule is NS(=O)(=O)c1ccc(-n2nc(CC(F)(F)F)cc2-c2ccc(Br)s2)cc1. The van der Waals surface area contributed by atoms with Gasteiger partial charge in [0.15, 0.2) is 0 Å². The van der Waals surface area contributed by atoms with E-state index >= 15 is 0 Å². The highest BCUT2D eigenvalue weighted by Crippen LogP contribution is 2.34. The summed E-state index contributed by atoms with van der Waals surface area (Å²) in [7, 11) is -3.86. The van der Waals surface area contributed by atoms with Crippen molar-refractivity contribution in [3.63, 3.8) is 0 Å². The smallest absolute Gasteiger partial charge is 0.232 e. The molecular weight excluding hydrogens is 455 g/mol. The van der Waals surface area contributed by atoms with Gasteiger partial charge in [0.05, 0.1) is 37.1 Å². The van der Waals surface area contributed by atoms with Gasteiger partial charge < -0.3 is 0 Å². The number of halogens is 4. The number of benzene rings is 1. The lowest BCUT2D eigenvalue weighted by atomic mass is 10.2. The molecule has 0 aliphatic carbocycles. The third-order valence-corrected chi connectivity index (χ3v) is 5.95. The van der Waals surface area contributed by atoms with Crippen molar-refractivity contribution in [2.75, 3.05) is 0 Å². The minimum Gasteiger partial charge on any atom is -0.232 e. The highest BCUT2D eigenvalue weighted by Gasteiger charge is 2.30. The van der Waals surface area contributed by atoms with E-state index in [0.717, 1.165) is 3.79 Å². The quantitative estimate of drug-likeness (QED) is 0.629. The van der Waals surface area contributed by atoms with Crippen molar-refractivity contribution in [2.24, 2.45) is 5.14 Å². The molecule has 2 N–H and O–H groups in total. The van der Waals surface area contributed by atoms with Gasteiger partial charge in [0.25, 0.3) is 0 Å². The van der Waals surface area contributed by atoms with Crippen LogP contribution in [0.5, 0.6) is 0 Å². The minimum absolute atomic E-state index is 0.0932. The number of thiophene rings is 1. The van der Waals surface area contributed by atoms with E-state index in [0.29, 0.717) is 16.3 Å². The van der Waals surface area contributed by atoms with Gasteiger partial charge in [0.2, 0.25) is 10.0 Å². The van der Waals surface area contributed by atoms with Gasteiger partial charge in [-0.1, -0.05) is 0 Å². The summed E-state index contributed by atoms with van der Waals surface area (Å²) in [5.74, 6) is 0. The lowest BCUT2D eigenvalue weighted by Crippen LogP contribution is -2.13. The highest BCUT2D eigenvalue weighted by molar-refractivity contribution is 9.11. The van der Waals surface area contributed by atoms with Crippen molar-refractivity contribution in [3.05, 3.63) is 51.9 Å². The molecular formula is C15H11BrF3N3O2S2. The molecule has 138 valence electrons. The van der Waals surface area contributed by atoms with Crippen molar-refractivity contribution in [1.29, 1.82) is 0 Å². The third kappa shape index (κ3) is 4.34. The first kappa shape index (κ1) is 19.1. The molecule has 0 bridgehead atoms. The van der Waals surface area contributed by atoms with Crippen LogP contribution in [0.4, 0.5) is 13.2 Å². The molecule has 2 aromatic heterocycles. The molecule has 0 amide bonds. The van der Waals surface area contributed by atoms with E-state index in [2.05, 4.69) is 21.0 Å². The van der Waals surface area contributed by atoms with E-state index < -0.39 is 22.6 Å². The monoisotopic (exact) mass is 465 g/mol. The van der Waals surface area contributed by atoms with E-state index in [-0.39, 0.29) is 10.6 Å². The van der Waals surface area contributed by atoms with Crippen molar-refractivity contribution in [3.8, 4) is 16.3 Å². The van der Waals surface area contributed by atoms with Gasteiger partial charge in [-0.15, -0.1) is 11.3 Å². The molecule has 11 heteroatoms. The number of hydrogen-bond donors (Lipinski definition) is 1. The molecule has 26 heavy (non-hydrogen) atoms. The molecule has 5 nitrogen and oxygen atoms in total. The molecule has 0 saturated heterocycles. The maximum Gasteiger partial charge on any atom is 0.394 e. The molecule has 0 spiro atoms. The molecule has 1 aromatic carbocycles. The number of aromatic nitrogens is 2. The van der Waals surface area contributed by atoms with Crippen LogP contribution in [0.3, 0.4) is 0 Å². The van der Waals surface area contributed by atoms with Gasteiger partial charge in [0, 0.05) is 0 Å². The fourth-order valence-electron chi connectivity index (χ4n) is 2.32. The summed E-state index contributed by atoms with van der Waals surface area (Å²) in [5, 5.41) is 9.11. The first-order valence-electron chi connectivity index (χ1n) is 7.07. The number of sulfonamides is 1. The zero-order valence-electron chi connectivity index (χ0n) is 12.9. The number of rotatable bonds is 4. The van der Waals surface area contributed by atoms with Crippen LogP contribution < -0.4 is 5.14 Å². The number of nitrogens with two attached hydrogens (primary N) is 1. The van der Waals surface area contributed by atoms with Crippen LogP contribution in [0.25, 0.3) is 16.3 Å². The lowest BCUT2D eigenvalue weighted by molar-refractivity contribution is -0.127. The van der Waals surface area contributed by atoms with Crippen molar-refractivity contribution >= 4 is 37.3 Å². The van der Waals surface area contributed by atoms with Crippen molar-refractivity contribution in [1.82, 2.24) is 9.78 Å². The Labute approximate surface area is 159 Å². The summed E-state index contributed by atoms with van der Waals surface area (Å²) in [5.41, 5.74) is 0.765. The van der Waals surface area contributed by atoms with Gasteiger partial charge in [-0.3, -0.25) is 0 Å². The van der Waals surface area contributed by atoms with Crippen LogP contribution in [0.2, 0.25) is 0 Å². The second-order valence-electron chi connectivity index (χ2n) is 5.37. The van der Waals surface area contributed by atoms with Crippen LogP contribution in [-0.4, -0.2) is 24.4 Å². The second kappa shape index (κ2) is 6.80. The van der Waals surface area contributed by atoms with Crippen LogP contribution in [-0.2, 0) is 16.4 Å². The molecule has 3 rings (SSSR count). The van der Waals surface area contributed by atoms with E-state index in [9.17, 15) is 21.6 Å². The predicted molar refractivity (Wildman–Crippen MR) is 95.7 cm³/mol. The molecule has 3 aromatic rings. The molecule has 0 aliphatic rings. The third-order valence-electron chi connectivity index (χ3n) is 3.38. The standard InChI is InChI=1S/C15H11BrF3N3O2S2/c16-14-6-5-13(25-14)12-7-9(8-15(17,18)19)21-22(12)10-1-3-11(4-2-10)26(20,23)24/h1-7H,8H2,(H2,20,23,24). The molecule has 0 radical (unpaired) electrons. The van der Waals surface area contributed by atoms with E-state index in [1.165, 1.54) is 46.4 Å². The van der Waals surface area contributed by atoms with E-state index in [1.807, 2.05) is 0 Å². The summed E-state index contributed by atoms with van der Waals surface area (Å²) in [6, 6.07) is 10.4. The fraction of sp³-hybridized carbons (Fsp3) is 0.133. The van der Waals surface area contributed by atoms with Crippen molar-refractivity contribution < 1.29 is 21.6 Å². The number of primary sulfonamides is 1. The number of alkyl halides is 3. The van der Waals surface area contributed by atoms with Crippen LogP contribution in [0.1, 0.15) is 5.69 Å². The summed E-state index contributed by atoms with van der Waals surface area (Å²) in [6.45, 7) is 0. The van der Waals surface area contributed by atoms with Gasteiger partial charge in [0.1, 0.15) is 0 Å². The Hall–Kier alpha value is -1.69. The summed E-state index contributed by atoms with van der Waals surface area (Å²) in [4.78, 5) is 0.623. The molecule has 0 unspecified atom stereocenters. The largest absolute Gasteiger partial charge is 0.394 e. The number of nitrogens with zero attached hydrogens (tertiary/aromatic N) is 2. The van der Waals surface area contributed by atoms with E-state index in [4.69, 9.17) is 5.14 Å². The Bertz CT molecular complexity index is 1040. The normalized spacial score (nSPS) is 12.5. The minimum atomic E-state index is -4.38. The predicted octanol–water partition coefficient (Wildman–Crippen LogP) is 4.12. The molecule has 0 atom stereocenters. The van der Waals surface area contributed by atoms with E-state index in [1.54, 1.807) is 12.1 Å². The van der Waals surface area contributed by atoms with Crippen LogP contribution in [0.15, 0.2) is 51.1 Å². The molecule has 0 aliphatic heterocycles. The average Bonchev–Trinajstić information content (AvgIpc) is 3.11. The first-order valence-corrected chi connectivity index (χ1v) is 10.2. The first-order chi connectivity index (χ1) is 12.0. The highest BCUT2D eigenvalue weighted by atomic mass is 79.9.